The van der Waals surface area contributed by atoms with E-state index in [4.69, 9.17) is 16.6 Å². The van der Waals surface area contributed by atoms with Gasteiger partial charge in [0.1, 0.15) is 5.82 Å². The van der Waals surface area contributed by atoms with Crippen LogP contribution in [0.3, 0.4) is 0 Å². The normalized spacial score (nSPS) is 11.9. The zero-order valence-electron chi connectivity index (χ0n) is 18.0. The van der Waals surface area contributed by atoms with E-state index < -0.39 is 17.9 Å². The number of carbonyl (C=O) groups is 2. The van der Waals surface area contributed by atoms with Crippen LogP contribution in [0, 0.1) is 5.92 Å². The van der Waals surface area contributed by atoms with Gasteiger partial charge < -0.3 is 15.2 Å². The number of aromatic carboxylic acids is 1. The molecule has 3 rings (SSSR count). The lowest BCUT2D eigenvalue weighted by molar-refractivity contribution is -0.141. The van der Waals surface area contributed by atoms with Crippen LogP contribution in [0.25, 0.3) is 0 Å². The Morgan fingerprint density at radius 3 is 2.44 bits per heavy atom. The van der Waals surface area contributed by atoms with Gasteiger partial charge in [-0.25, -0.2) is 9.78 Å². The number of nitrogens with one attached hydrogen (secondary N) is 1. The monoisotopic (exact) mass is 454 g/mol. The zero-order valence-corrected chi connectivity index (χ0v) is 18.7. The summed E-state index contributed by atoms with van der Waals surface area (Å²) in [5, 5.41) is 19.2. The van der Waals surface area contributed by atoms with Crippen molar-refractivity contribution in [3.8, 4) is 0 Å². The van der Waals surface area contributed by atoms with E-state index in [1.165, 1.54) is 6.07 Å². The van der Waals surface area contributed by atoms with Gasteiger partial charge in [0, 0.05) is 25.0 Å². The number of halogens is 1. The summed E-state index contributed by atoms with van der Waals surface area (Å²) < 4.78 is 0. The number of H-pyrrole nitrogens is 1. The number of imidazole rings is 1. The molecule has 0 amide bonds. The molecule has 0 radical (unpaired) electrons. The number of benzene rings is 2. The minimum atomic E-state index is -1.07. The van der Waals surface area contributed by atoms with Crippen molar-refractivity contribution < 1.29 is 19.8 Å². The highest BCUT2D eigenvalue weighted by atomic mass is 35.5. The highest BCUT2D eigenvalue weighted by Gasteiger charge is 2.23. The molecule has 32 heavy (non-hydrogen) atoms. The SMILES string of the molecule is CCCCc1nc(Cc2ccc(C(=O)O)c(Cl)c2)c(CC(Cc2ccccc2)C(=O)O)[nH]1. The Balaban J connectivity index is 1.87. The number of rotatable bonds is 11. The van der Waals surface area contributed by atoms with E-state index in [9.17, 15) is 19.8 Å². The summed E-state index contributed by atoms with van der Waals surface area (Å²) in [7, 11) is 0. The highest BCUT2D eigenvalue weighted by Crippen LogP contribution is 2.23. The number of nitrogens with zero attached hydrogens (tertiary/aromatic N) is 1. The van der Waals surface area contributed by atoms with Crippen LogP contribution in [0.15, 0.2) is 48.5 Å². The summed E-state index contributed by atoms with van der Waals surface area (Å²) >= 11 is 6.13. The van der Waals surface area contributed by atoms with Crippen molar-refractivity contribution in [3.05, 3.63) is 87.5 Å². The minimum Gasteiger partial charge on any atom is -0.481 e. The number of carboxylic acids is 2. The van der Waals surface area contributed by atoms with Gasteiger partial charge in [-0.3, -0.25) is 4.79 Å². The molecule has 0 spiro atoms. The molecule has 168 valence electrons. The van der Waals surface area contributed by atoms with Crippen molar-refractivity contribution in [1.29, 1.82) is 0 Å². The highest BCUT2D eigenvalue weighted by molar-refractivity contribution is 6.33. The Kier molecular flexibility index (Phi) is 8.06. The molecule has 0 fully saturated rings. The van der Waals surface area contributed by atoms with E-state index in [0.29, 0.717) is 19.3 Å². The van der Waals surface area contributed by atoms with Gasteiger partial charge in [0.05, 0.1) is 22.2 Å². The zero-order chi connectivity index (χ0) is 23.1. The van der Waals surface area contributed by atoms with E-state index >= 15 is 0 Å². The Morgan fingerprint density at radius 1 is 1.06 bits per heavy atom. The lowest BCUT2D eigenvalue weighted by atomic mass is 9.93. The van der Waals surface area contributed by atoms with Crippen LogP contribution in [0.2, 0.25) is 5.02 Å². The van der Waals surface area contributed by atoms with Crippen molar-refractivity contribution in [3.63, 3.8) is 0 Å². The number of aryl methyl sites for hydroxylation is 1. The summed E-state index contributed by atoms with van der Waals surface area (Å²) in [4.78, 5) is 31.3. The fourth-order valence-electron chi connectivity index (χ4n) is 3.71. The first-order valence-corrected chi connectivity index (χ1v) is 11.1. The molecule has 0 aliphatic rings. The molecule has 3 aromatic rings. The summed E-state index contributed by atoms with van der Waals surface area (Å²) in [6.45, 7) is 2.11. The van der Waals surface area contributed by atoms with Crippen molar-refractivity contribution in [2.75, 3.05) is 0 Å². The standard InChI is InChI=1S/C25H27ClN2O4/c1-2-3-9-23-27-21(14-17-10-11-19(25(31)32)20(26)13-17)22(28-23)15-18(24(29)30)12-16-7-5-4-6-8-16/h4-8,10-11,13,18H,2-3,9,12,14-15H2,1H3,(H,27,28)(H,29,30)(H,31,32). The second kappa shape index (κ2) is 11.0. The van der Waals surface area contributed by atoms with E-state index in [1.54, 1.807) is 12.1 Å². The molecule has 1 heterocycles. The molecule has 0 saturated carbocycles. The minimum absolute atomic E-state index is 0.0510. The lowest BCUT2D eigenvalue weighted by Crippen LogP contribution is -2.20. The van der Waals surface area contributed by atoms with E-state index in [0.717, 1.165) is 47.6 Å². The molecule has 0 aliphatic carbocycles. The summed E-state index contributed by atoms with van der Waals surface area (Å²) in [5.41, 5.74) is 3.43. The largest absolute Gasteiger partial charge is 0.481 e. The Bertz CT molecular complexity index is 1080. The predicted octanol–water partition coefficient (Wildman–Crippen LogP) is 5.18. The molecule has 7 heteroatoms. The molecule has 1 unspecified atom stereocenters. The second-order valence-corrected chi connectivity index (χ2v) is 8.34. The summed E-state index contributed by atoms with van der Waals surface area (Å²) in [5.74, 6) is -1.67. The third-order valence-electron chi connectivity index (χ3n) is 5.44. The topological polar surface area (TPSA) is 103 Å². The van der Waals surface area contributed by atoms with Gasteiger partial charge in [-0.15, -0.1) is 0 Å². The quantitative estimate of drug-likeness (QED) is 0.370. The first-order valence-electron chi connectivity index (χ1n) is 10.7. The maximum Gasteiger partial charge on any atom is 0.337 e. The Labute approximate surface area is 192 Å². The number of aliphatic carboxylic acids is 1. The van der Waals surface area contributed by atoms with Crippen LogP contribution < -0.4 is 0 Å². The van der Waals surface area contributed by atoms with Crippen LogP contribution in [0.5, 0.6) is 0 Å². The first-order chi connectivity index (χ1) is 15.4. The van der Waals surface area contributed by atoms with E-state index in [1.807, 2.05) is 30.3 Å². The Hall–Kier alpha value is -3.12. The van der Waals surface area contributed by atoms with E-state index in [2.05, 4.69) is 11.9 Å². The average molecular weight is 455 g/mol. The van der Waals surface area contributed by atoms with Crippen LogP contribution in [-0.4, -0.2) is 32.1 Å². The molecule has 3 N–H and O–H groups in total. The molecule has 0 aliphatic heterocycles. The van der Waals surface area contributed by atoms with Crippen LogP contribution in [0.4, 0.5) is 0 Å². The molecule has 0 saturated heterocycles. The van der Waals surface area contributed by atoms with E-state index in [-0.39, 0.29) is 10.6 Å². The van der Waals surface area contributed by atoms with Crippen molar-refractivity contribution in [2.45, 2.75) is 45.4 Å². The number of aromatic nitrogens is 2. The molecule has 1 aromatic heterocycles. The number of carboxylic acid groups (broad SMARTS) is 2. The summed E-state index contributed by atoms with van der Waals surface area (Å²) in [6.07, 6.45) is 4.01. The number of hydrogen-bond donors (Lipinski definition) is 3. The van der Waals surface area contributed by atoms with Gasteiger partial charge in [0.2, 0.25) is 0 Å². The predicted molar refractivity (Wildman–Crippen MR) is 123 cm³/mol. The van der Waals surface area contributed by atoms with Gasteiger partial charge in [-0.2, -0.15) is 0 Å². The fraction of sp³-hybridized carbons (Fsp3) is 0.320. The first kappa shape index (κ1) is 23.5. The number of unbranched alkanes of at least 4 members (excludes halogenated alkanes) is 1. The van der Waals surface area contributed by atoms with Gasteiger partial charge in [-0.1, -0.05) is 61.3 Å². The number of hydrogen-bond acceptors (Lipinski definition) is 3. The maximum atomic E-state index is 12.0. The van der Waals surface area contributed by atoms with Gasteiger partial charge in [0.25, 0.3) is 0 Å². The van der Waals surface area contributed by atoms with Crippen molar-refractivity contribution in [1.82, 2.24) is 9.97 Å². The smallest absolute Gasteiger partial charge is 0.337 e. The third kappa shape index (κ3) is 6.20. The molecule has 1 atom stereocenters. The Morgan fingerprint density at radius 2 is 1.81 bits per heavy atom. The maximum absolute atomic E-state index is 12.0. The molecule has 2 aromatic carbocycles. The summed E-state index contributed by atoms with van der Waals surface area (Å²) in [6, 6.07) is 14.4. The van der Waals surface area contributed by atoms with Crippen molar-refractivity contribution in [2.24, 2.45) is 5.92 Å². The van der Waals surface area contributed by atoms with Crippen LogP contribution in [0.1, 0.15) is 58.5 Å². The van der Waals surface area contributed by atoms with Gasteiger partial charge >= 0.3 is 11.9 Å². The van der Waals surface area contributed by atoms with Crippen molar-refractivity contribution >= 4 is 23.5 Å². The number of aromatic amines is 1. The third-order valence-corrected chi connectivity index (χ3v) is 5.75. The molecule has 6 nitrogen and oxygen atoms in total. The fourth-order valence-corrected chi connectivity index (χ4v) is 3.99. The van der Waals surface area contributed by atoms with Gasteiger partial charge in [0.15, 0.2) is 0 Å². The van der Waals surface area contributed by atoms with Gasteiger partial charge in [-0.05, 0) is 36.1 Å². The molecular formula is C25H27ClN2O4. The van der Waals surface area contributed by atoms with Crippen LogP contribution in [-0.2, 0) is 30.5 Å². The molecule has 0 bridgehead atoms. The van der Waals surface area contributed by atoms with Crippen LogP contribution >= 0.6 is 11.6 Å². The lowest BCUT2D eigenvalue weighted by Gasteiger charge is -2.13. The molecular weight excluding hydrogens is 428 g/mol. The average Bonchev–Trinajstić information content (AvgIpc) is 3.13. The second-order valence-electron chi connectivity index (χ2n) is 7.94.